The van der Waals surface area contributed by atoms with Crippen LogP contribution in [0.4, 0.5) is 0 Å². The van der Waals surface area contributed by atoms with E-state index in [0.717, 1.165) is 22.4 Å². The van der Waals surface area contributed by atoms with Crippen LogP contribution in [0.15, 0.2) is 12.1 Å². The number of aryl methyl sites for hydroxylation is 2. The molecule has 1 aromatic rings. The van der Waals surface area contributed by atoms with Gasteiger partial charge in [-0.1, -0.05) is 5.92 Å². The van der Waals surface area contributed by atoms with Crippen molar-refractivity contribution < 1.29 is 9.16 Å². The van der Waals surface area contributed by atoms with Gasteiger partial charge in [-0.05, 0) is 50.2 Å². The Kier molecular flexibility index (Phi) is 5.27. The highest BCUT2D eigenvalue weighted by Gasteiger charge is 2.06. The summed E-state index contributed by atoms with van der Waals surface area (Å²) in [6, 6.07) is 3.94. The lowest BCUT2D eigenvalue weighted by molar-refractivity contribution is 0.217. The summed E-state index contributed by atoms with van der Waals surface area (Å²) in [5.74, 6) is 3.57. The van der Waals surface area contributed by atoms with Crippen molar-refractivity contribution in [2.45, 2.75) is 26.9 Å². The summed E-state index contributed by atoms with van der Waals surface area (Å²) >= 11 is 0. The molecule has 0 fully saturated rings. The number of hydrogen-bond acceptors (Lipinski definition) is 2. The van der Waals surface area contributed by atoms with E-state index in [1.807, 2.05) is 26.0 Å². The first-order valence-corrected chi connectivity index (χ1v) is 8.09. The maximum atomic E-state index is 5.74. The van der Waals surface area contributed by atoms with Crippen LogP contribution >= 0.6 is 0 Å². The van der Waals surface area contributed by atoms with Gasteiger partial charge < -0.3 is 9.16 Å². The lowest BCUT2D eigenvalue weighted by Gasteiger charge is -2.13. The largest absolute Gasteiger partial charge is 0.491 e. The summed E-state index contributed by atoms with van der Waals surface area (Å²) in [7, 11) is -0.625. The summed E-state index contributed by atoms with van der Waals surface area (Å²) in [4.78, 5) is 0. The highest BCUT2D eigenvalue weighted by Crippen LogP contribution is 2.24. The molecule has 0 saturated carbocycles. The third-order valence-corrected chi connectivity index (χ3v) is 3.13. The van der Waals surface area contributed by atoms with Gasteiger partial charge in [0.2, 0.25) is 9.04 Å². The van der Waals surface area contributed by atoms with Crippen LogP contribution in [0.3, 0.4) is 0 Å². The van der Waals surface area contributed by atoms with Crippen molar-refractivity contribution in [2.24, 2.45) is 0 Å². The molecular formula is C14H19O2Si. The molecule has 0 N–H and O–H groups in total. The summed E-state index contributed by atoms with van der Waals surface area (Å²) in [5, 5.41) is 0. The number of hydrogen-bond donors (Lipinski definition) is 0. The Labute approximate surface area is 106 Å². The molecule has 2 nitrogen and oxygen atoms in total. The Morgan fingerprint density at radius 2 is 1.76 bits per heavy atom. The Morgan fingerprint density at radius 1 is 1.18 bits per heavy atom. The monoisotopic (exact) mass is 247 g/mol. The molecule has 3 heteroatoms. The molecule has 1 rings (SSSR count). The van der Waals surface area contributed by atoms with Crippen LogP contribution in [0, 0.1) is 26.2 Å². The molecule has 0 saturated heterocycles. The van der Waals surface area contributed by atoms with E-state index in [0.29, 0.717) is 13.2 Å². The molecule has 0 atom stereocenters. The average molecular weight is 247 g/mol. The van der Waals surface area contributed by atoms with Crippen molar-refractivity contribution in [3.8, 4) is 18.1 Å². The van der Waals surface area contributed by atoms with Crippen molar-refractivity contribution >= 4 is 9.04 Å². The van der Waals surface area contributed by atoms with E-state index in [4.69, 9.17) is 15.6 Å². The summed E-state index contributed by atoms with van der Waals surface area (Å²) in [6.07, 6.45) is 5.39. The van der Waals surface area contributed by atoms with Crippen molar-refractivity contribution in [2.75, 3.05) is 13.2 Å². The predicted molar refractivity (Wildman–Crippen MR) is 72.8 cm³/mol. The van der Waals surface area contributed by atoms with E-state index in [1.165, 1.54) is 0 Å². The van der Waals surface area contributed by atoms with Gasteiger partial charge in [-0.2, -0.15) is 0 Å². The highest BCUT2D eigenvalue weighted by atomic mass is 28.3. The third kappa shape index (κ3) is 4.26. The van der Waals surface area contributed by atoms with Crippen molar-refractivity contribution in [1.82, 2.24) is 0 Å². The second-order valence-electron chi connectivity index (χ2n) is 4.19. The fourth-order valence-corrected chi connectivity index (χ4v) is 2.14. The first-order valence-electron chi connectivity index (χ1n) is 5.68. The van der Waals surface area contributed by atoms with Gasteiger partial charge >= 0.3 is 0 Å². The van der Waals surface area contributed by atoms with Crippen LogP contribution in [-0.2, 0) is 4.43 Å². The summed E-state index contributed by atoms with van der Waals surface area (Å²) < 4.78 is 11.3. The van der Waals surface area contributed by atoms with Crippen LogP contribution in [0.2, 0.25) is 13.1 Å². The van der Waals surface area contributed by atoms with E-state index in [-0.39, 0.29) is 0 Å². The molecule has 0 aliphatic carbocycles. The van der Waals surface area contributed by atoms with Crippen molar-refractivity contribution in [3.63, 3.8) is 0 Å². The normalized spacial score (nSPS) is 10.4. The minimum atomic E-state index is -0.625. The molecule has 0 unspecified atom stereocenters. The molecule has 0 heterocycles. The zero-order valence-corrected chi connectivity index (χ0v) is 12.0. The van der Waals surface area contributed by atoms with Gasteiger partial charge in [0, 0.05) is 5.56 Å². The molecule has 17 heavy (non-hydrogen) atoms. The van der Waals surface area contributed by atoms with Gasteiger partial charge in [0.15, 0.2) is 0 Å². The number of rotatable bonds is 5. The molecule has 0 bridgehead atoms. The lowest BCUT2D eigenvalue weighted by atomic mass is 10.1. The van der Waals surface area contributed by atoms with Crippen LogP contribution < -0.4 is 4.74 Å². The zero-order chi connectivity index (χ0) is 12.8. The Balaban J connectivity index is 2.63. The molecular weight excluding hydrogens is 228 g/mol. The SMILES string of the molecule is C#Cc1cc(C)c(OCCO[Si](C)C)c(C)c1. The first-order chi connectivity index (χ1) is 8.04. The number of ether oxygens (including phenoxy) is 1. The van der Waals surface area contributed by atoms with E-state index in [9.17, 15) is 0 Å². The predicted octanol–water partition coefficient (Wildman–Crippen LogP) is 2.93. The van der Waals surface area contributed by atoms with E-state index in [2.05, 4.69) is 19.0 Å². The minimum absolute atomic E-state index is 0.590. The Bertz CT molecular complexity index is 396. The van der Waals surface area contributed by atoms with Crippen LogP contribution in [0.1, 0.15) is 16.7 Å². The second kappa shape index (κ2) is 6.48. The second-order valence-corrected chi connectivity index (χ2v) is 6.29. The molecule has 0 aromatic heterocycles. The fourth-order valence-electron chi connectivity index (χ4n) is 1.65. The van der Waals surface area contributed by atoms with Gasteiger partial charge in [0.05, 0.1) is 6.61 Å². The van der Waals surface area contributed by atoms with E-state index < -0.39 is 9.04 Å². The number of terminal acetylenes is 1. The Morgan fingerprint density at radius 3 is 2.24 bits per heavy atom. The third-order valence-electron chi connectivity index (χ3n) is 2.35. The first kappa shape index (κ1) is 13.8. The fraction of sp³-hybridized carbons (Fsp3) is 0.429. The van der Waals surface area contributed by atoms with Crippen molar-refractivity contribution in [3.05, 3.63) is 28.8 Å². The lowest BCUT2D eigenvalue weighted by Crippen LogP contribution is -2.14. The van der Waals surface area contributed by atoms with Gasteiger partial charge in [-0.25, -0.2) is 0 Å². The van der Waals surface area contributed by atoms with Crippen LogP contribution in [-0.4, -0.2) is 22.3 Å². The number of benzene rings is 1. The molecule has 0 spiro atoms. The average Bonchev–Trinajstić information content (AvgIpc) is 2.26. The van der Waals surface area contributed by atoms with E-state index >= 15 is 0 Å². The maximum Gasteiger partial charge on any atom is 0.205 e. The quantitative estimate of drug-likeness (QED) is 0.452. The zero-order valence-electron chi connectivity index (χ0n) is 11.0. The van der Waals surface area contributed by atoms with Gasteiger partial charge in [-0.15, -0.1) is 6.42 Å². The van der Waals surface area contributed by atoms with Crippen molar-refractivity contribution in [1.29, 1.82) is 0 Å². The van der Waals surface area contributed by atoms with Gasteiger partial charge in [0.25, 0.3) is 0 Å². The summed E-state index contributed by atoms with van der Waals surface area (Å²) in [6.45, 7) is 9.49. The highest BCUT2D eigenvalue weighted by molar-refractivity contribution is 6.48. The molecule has 0 amide bonds. The van der Waals surface area contributed by atoms with Crippen LogP contribution in [0.5, 0.6) is 5.75 Å². The molecule has 0 aliphatic rings. The van der Waals surface area contributed by atoms with Crippen LogP contribution in [0.25, 0.3) is 0 Å². The smallest absolute Gasteiger partial charge is 0.205 e. The van der Waals surface area contributed by atoms with E-state index in [1.54, 1.807) is 0 Å². The molecule has 1 aromatic carbocycles. The topological polar surface area (TPSA) is 18.5 Å². The molecule has 0 aliphatic heterocycles. The molecule has 91 valence electrons. The standard InChI is InChI=1S/C14H19O2Si/c1-6-13-9-11(2)14(12(3)10-13)15-7-8-16-17(4)5/h1,9-10H,7-8H2,2-5H3. The summed E-state index contributed by atoms with van der Waals surface area (Å²) in [5.41, 5.74) is 3.06. The molecule has 1 radical (unpaired) electrons. The minimum Gasteiger partial charge on any atom is -0.491 e. The Hall–Kier alpha value is -1.24. The van der Waals surface area contributed by atoms with Gasteiger partial charge in [-0.3, -0.25) is 0 Å². The van der Waals surface area contributed by atoms with Gasteiger partial charge in [0.1, 0.15) is 12.4 Å². The maximum absolute atomic E-state index is 5.74.